The molecule has 1 unspecified atom stereocenters. The largest absolute Gasteiger partial charge is 0.497 e. The van der Waals surface area contributed by atoms with Crippen LogP contribution >= 0.6 is 0 Å². The van der Waals surface area contributed by atoms with E-state index in [1.165, 1.54) is 0 Å². The van der Waals surface area contributed by atoms with Crippen LogP contribution in [-0.2, 0) is 0 Å². The Morgan fingerprint density at radius 1 is 1.53 bits per heavy atom. The topological polar surface area (TPSA) is 58.7 Å². The zero-order valence-electron chi connectivity index (χ0n) is 11.2. The second-order valence-electron chi connectivity index (χ2n) is 5.47. The summed E-state index contributed by atoms with van der Waals surface area (Å²) in [6.07, 6.45) is 0.950. The molecule has 1 saturated heterocycles. The molecule has 0 bridgehead atoms. The van der Waals surface area contributed by atoms with Gasteiger partial charge in [0, 0.05) is 24.6 Å². The van der Waals surface area contributed by atoms with Crippen molar-refractivity contribution in [1.82, 2.24) is 4.98 Å². The molecule has 1 aliphatic rings. The lowest BCUT2D eigenvalue weighted by molar-refractivity contribution is 0.162. The molecule has 0 amide bonds. The molecule has 0 aliphatic carbocycles. The first-order chi connectivity index (χ1) is 9.13. The number of benzene rings is 1. The molecule has 2 aromatic rings. The molecule has 1 N–H and O–H groups in total. The van der Waals surface area contributed by atoms with Gasteiger partial charge in [-0.25, -0.2) is 0 Å². The minimum atomic E-state index is -0.0572. The van der Waals surface area contributed by atoms with Crippen molar-refractivity contribution in [3.05, 3.63) is 18.2 Å². The van der Waals surface area contributed by atoms with Crippen molar-refractivity contribution in [2.24, 2.45) is 5.41 Å². The van der Waals surface area contributed by atoms with E-state index in [-0.39, 0.29) is 12.0 Å². The minimum Gasteiger partial charge on any atom is -0.497 e. The van der Waals surface area contributed by atoms with Crippen LogP contribution in [-0.4, -0.2) is 36.9 Å². The predicted octanol–water partition coefficient (Wildman–Crippen LogP) is 2.05. The Morgan fingerprint density at radius 3 is 3.05 bits per heavy atom. The molecule has 0 spiro atoms. The monoisotopic (exact) mass is 262 g/mol. The quantitative estimate of drug-likeness (QED) is 0.917. The zero-order valence-corrected chi connectivity index (χ0v) is 11.2. The number of aliphatic hydroxyl groups excluding tert-OH is 1. The van der Waals surface area contributed by atoms with Gasteiger partial charge in [0.05, 0.1) is 13.7 Å². The highest BCUT2D eigenvalue weighted by atomic mass is 16.5. The van der Waals surface area contributed by atoms with Gasteiger partial charge in [-0.3, -0.25) is 0 Å². The lowest BCUT2D eigenvalue weighted by Gasteiger charge is -2.20. The summed E-state index contributed by atoms with van der Waals surface area (Å²) in [6.45, 7) is 3.91. The van der Waals surface area contributed by atoms with Gasteiger partial charge in [-0.05, 0) is 18.6 Å². The minimum absolute atomic E-state index is 0.0572. The van der Waals surface area contributed by atoms with Crippen LogP contribution in [0, 0.1) is 5.41 Å². The van der Waals surface area contributed by atoms with E-state index in [0.29, 0.717) is 6.01 Å². The van der Waals surface area contributed by atoms with E-state index in [2.05, 4.69) is 16.8 Å². The zero-order chi connectivity index (χ0) is 13.5. The number of methoxy groups -OCH3 is 1. The van der Waals surface area contributed by atoms with E-state index in [1.54, 1.807) is 7.11 Å². The summed E-state index contributed by atoms with van der Waals surface area (Å²) in [7, 11) is 1.63. The van der Waals surface area contributed by atoms with Crippen LogP contribution in [0.1, 0.15) is 13.3 Å². The summed E-state index contributed by atoms with van der Waals surface area (Å²) in [5.74, 6) is 0.772. The van der Waals surface area contributed by atoms with Crippen molar-refractivity contribution in [2.75, 3.05) is 31.7 Å². The van der Waals surface area contributed by atoms with Crippen molar-refractivity contribution in [1.29, 1.82) is 0 Å². The van der Waals surface area contributed by atoms with E-state index in [0.717, 1.165) is 36.4 Å². The first-order valence-corrected chi connectivity index (χ1v) is 6.44. The van der Waals surface area contributed by atoms with Gasteiger partial charge in [0.25, 0.3) is 6.01 Å². The molecule has 102 valence electrons. The van der Waals surface area contributed by atoms with E-state index in [4.69, 9.17) is 9.15 Å². The highest BCUT2D eigenvalue weighted by Gasteiger charge is 2.35. The SMILES string of the molecule is COc1ccc2oc(N3CCC(C)(CO)C3)nc2c1. The predicted molar refractivity (Wildman–Crippen MR) is 72.6 cm³/mol. The number of aromatic nitrogens is 1. The van der Waals surface area contributed by atoms with E-state index < -0.39 is 0 Å². The molecule has 0 saturated carbocycles. The normalized spacial score (nSPS) is 23.2. The van der Waals surface area contributed by atoms with Gasteiger partial charge in [0.1, 0.15) is 11.3 Å². The molecule has 1 atom stereocenters. The lowest BCUT2D eigenvalue weighted by atomic mass is 9.91. The van der Waals surface area contributed by atoms with Gasteiger partial charge in [-0.15, -0.1) is 0 Å². The first kappa shape index (κ1) is 12.3. The van der Waals surface area contributed by atoms with Gasteiger partial charge >= 0.3 is 0 Å². The molecule has 1 aromatic carbocycles. The van der Waals surface area contributed by atoms with Crippen LogP contribution in [0.4, 0.5) is 6.01 Å². The van der Waals surface area contributed by atoms with E-state index >= 15 is 0 Å². The Balaban J connectivity index is 1.90. The number of ether oxygens (including phenoxy) is 1. The van der Waals surface area contributed by atoms with Crippen LogP contribution in [0.2, 0.25) is 0 Å². The number of fused-ring (bicyclic) bond motifs is 1. The molecule has 1 fully saturated rings. The summed E-state index contributed by atoms with van der Waals surface area (Å²) >= 11 is 0. The van der Waals surface area contributed by atoms with Crippen molar-refractivity contribution in [3.8, 4) is 5.75 Å². The van der Waals surface area contributed by atoms with Crippen molar-refractivity contribution < 1.29 is 14.3 Å². The van der Waals surface area contributed by atoms with Gasteiger partial charge in [0.15, 0.2) is 5.58 Å². The van der Waals surface area contributed by atoms with Crippen molar-refractivity contribution in [2.45, 2.75) is 13.3 Å². The Kier molecular flexibility index (Phi) is 2.86. The average molecular weight is 262 g/mol. The first-order valence-electron chi connectivity index (χ1n) is 6.44. The van der Waals surface area contributed by atoms with E-state index in [1.807, 2.05) is 18.2 Å². The molecular weight excluding hydrogens is 244 g/mol. The van der Waals surface area contributed by atoms with Crippen molar-refractivity contribution in [3.63, 3.8) is 0 Å². The lowest BCUT2D eigenvalue weighted by Crippen LogP contribution is -2.27. The average Bonchev–Trinajstić information content (AvgIpc) is 3.01. The van der Waals surface area contributed by atoms with Gasteiger partial charge in [-0.1, -0.05) is 6.92 Å². The molecular formula is C14H18N2O3. The molecule has 3 rings (SSSR count). The summed E-state index contributed by atoms with van der Waals surface area (Å²) in [6, 6.07) is 6.22. The summed E-state index contributed by atoms with van der Waals surface area (Å²) in [5, 5.41) is 9.40. The molecule has 1 aromatic heterocycles. The second kappa shape index (κ2) is 4.42. The molecule has 2 heterocycles. The number of oxazole rings is 1. The third-order valence-corrected chi connectivity index (χ3v) is 3.79. The smallest absolute Gasteiger partial charge is 0.298 e. The summed E-state index contributed by atoms with van der Waals surface area (Å²) in [5.41, 5.74) is 1.50. The number of hydrogen-bond donors (Lipinski definition) is 1. The number of nitrogens with zero attached hydrogens (tertiary/aromatic N) is 2. The Morgan fingerprint density at radius 2 is 2.37 bits per heavy atom. The summed E-state index contributed by atoms with van der Waals surface area (Å²) in [4.78, 5) is 6.59. The highest BCUT2D eigenvalue weighted by molar-refractivity contribution is 5.76. The maximum absolute atomic E-state index is 9.40. The van der Waals surface area contributed by atoms with Gasteiger partial charge in [0.2, 0.25) is 0 Å². The molecule has 0 radical (unpaired) electrons. The fraction of sp³-hybridized carbons (Fsp3) is 0.500. The second-order valence-corrected chi connectivity index (χ2v) is 5.47. The van der Waals surface area contributed by atoms with Crippen LogP contribution in [0.3, 0.4) is 0 Å². The standard InChI is InChI=1S/C14H18N2O3/c1-14(9-17)5-6-16(8-14)13-15-11-7-10(18-2)3-4-12(11)19-13/h3-4,7,17H,5-6,8-9H2,1-2H3. The fourth-order valence-electron chi connectivity index (χ4n) is 2.47. The molecule has 5 nitrogen and oxygen atoms in total. The number of hydrogen-bond acceptors (Lipinski definition) is 5. The van der Waals surface area contributed by atoms with Crippen molar-refractivity contribution >= 4 is 17.1 Å². The van der Waals surface area contributed by atoms with Crippen LogP contribution in [0.15, 0.2) is 22.6 Å². The fourth-order valence-corrected chi connectivity index (χ4v) is 2.47. The Labute approximate surface area is 111 Å². The van der Waals surface area contributed by atoms with Gasteiger partial charge in [-0.2, -0.15) is 4.98 Å². The number of aliphatic hydroxyl groups is 1. The highest BCUT2D eigenvalue weighted by Crippen LogP contribution is 2.34. The number of rotatable bonds is 3. The molecule has 1 aliphatic heterocycles. The van der Waals surface area contributed by atoms with Crippen LogP contribution < -0.4 is 9.64 Å². The Bertz CT molecular complexity index is 595. The maximum Gasteiger partial charge on any atom is 0.298 e. The van der Waals surface area contributed by atoms with E-state index in [9.17, 15) is 5.11 Å². The third kappa shape index (κ3) is 2.14. The third-order valence-electron chi connectivity index (χ3n) is 3.79. The number of anilines is 1. The molecule has 19 heavy (non-hydrogen) atoms. The molecule has 5 heteroatoms. The summed E-state index contributed by atoms with van der Waals surface area (Å²) < 4.78 is 10.9. The van der Waals surface area contributed by atoms with Crippen LogP contribution in [0.25, 0.3) is 11.1 Å². The maximum atomic E-state index is 9.40. The Hall–Kier alpha value is -1.75. The van der Waals surface area contributed by atoms with Crippen LogP contribution in [0.5, 0.6) is 5.75 Å². The van der Waals surface area contributed by atoms with Gasteiger partial charge < -0.3 is 19.2 Å².